The molecule has 7 nitrogen and oxygen atoms in total. The van der Waals surface area contributed by atoms with Gasteiger partial charge in [-0.25, -0.2) is 0 Å². The van der Waals surface area contributed by atoms with Gasteiger partial charge in [0.25, 0.3) is 0 Å². The largest absolute Gasteiger partial charge is 0.493 e. The van der Waals surface area contributed by atoms with E-state index >= 15 is 0 Å². The average molecular weight is 538 g/mol. The molecule has 31 heavy (non-hydrogen) atoms. The first-order valence-electron chi connectivity index (χ1n) is 10.2. The number of aliphatic imine (C=N–C) groups is 1. The van der Waals surface area contributed by atoms with Gasteiger partial charge in [0.15, 0.2) is 17.5 Å². The van der Waals surface area contributed by atoms with Crippen LogP contribution in [0, 0.1) is 0 Å². The predicted molar refractivity (Wildman–Crippen MR) is 135 cm³/mol. The summed E-state index contributed by atoms with van der Waals surface area (Å²) in [5, 5.41) is 6.65. The standard InChI is InChI=1S/C23H30N4O3.HI/c1-24-23(25-13-12-17-8-11-20(29-2)21(15-17)30-3)26-16-18-6-9-19(10-7-18)27-14-4-5-22(27)28;/h6-11,15H,4-5,12-14,16H2,1-3H3,(H2,24,25,26);1H. The van der Waals surface area contributed by atoms with Gasteiger partial charge in [-0.1, -0.05) is 18.2 Å². The number of ether oxygens (including phenoxy) is 2. The number of carbonyl (C=O) groups is 1. The molecular formula is C23H31IN4O3. The van der Waals surface area contributed by atoms with Crippen LogP contribution < -0.4 is 25.0 Å². The van der Waals surface area contributed by atoms with Crippen molar-refractivity contribution in [3.05, 3.63) is 53.6 Å². The zero-order valence-electron chi connectivity index (χ0n) is 18.3. The molecule has 2 aromatic carbocycles. The Bertz CT molecular complexity index is 887. The van der Waals surface area contributed by atoms with E-state index in [0.29, 0.717) is 13.0 Å². The molecule has 1 heterocycles. The molecule has 2 aromatic rings. The molecule has 0 saturated carbocycles. The van der Waals surface area contributed by atoms with E-state index in [1.165, 1.54) is 0 Å². The normalized spacial score (nSPS) is 13.6. The minimum absolute atomic E-state index is 0. The first-order valence-corrected chi connectivity index (χ1v) is 10.2. The Morgan fingerprint density at radius 3 is 2.35 bits per heavy atom. The van der Waals surface area contributed by atoms with Gasteiger partial charge in [0.2, 0.25) is 5.91 Å². The van der Waals surface area contributed by atoms with E-state index in [-0.39, 0.29) is 29.9 Å². The lowest BCUT2D eigenvalue weighted by atomic mass is 10.1. The van der Waals surface area contributed by atoms with Crippen LogP contribution in [0.1, 0.15) is 24.0 Å². The molecule has 0 bridgehead atoms. The van der Waals surface area contributed by atoms with Crippen molar-refractivity contribution in [3.8, 4) is 11.5 Å². The number of anilines is 1. The summed E-state index contributed by atoms with van der Waals surface area (Å²) in [6.07, 6.45) is 2.42. The topological polar surface area (TPSA) is 75.2 Å². The molecular weight excluding hydrogens is 507 g/mol. The van der Waals surface area contributed by atoms with Crippen LogP contribution >= 0.6 is 24.0 Å². The SMILES string of the molecule is CN=C(NCCc1ccc(OC)c(OC)c1)NCc1ccc(N2CCCC2=O)cc1.I. The minimum atomic E-state index is 0. The van der Waals surface area contributed by atoms with Gasteiger partial charge >= 0.3 is 0 Å². The molecule has 1 saturated heterocycles. The van der Waals surface area contributed by atoms with Crippen LogP contribution in [-0.2, 0) is 17.8 Å². The van der Waals surface area contributed by atoms with Crippen molar-refractivity contribution in [2.75, 3.05) is 39.3 Å². The number of nitrogens with zero attached hydrogens (tertiary/aromatic N) is 2. The summed E-state index contributed by atoms with van der Waals surface area (Å²) in [4.78, 5) is 18.0. The molecule has 0 unspecified atom stereocenters. The number of rotatable bonds is 8. The molecule has 168 valence electrons. The van der Waals surface area contributed by atoms with Gasteiger partial charge < -0.3 is 25.0 Å². The molecule has 0 radical (unpaired) electrons. The maximum atomic E-state index is 11.9. The molecule has 2 N–H and O–H groups in total. The van der Waals surface area contributed by atoms with Crippen molar-refractivity contribution in [2.24, 2.45) is 4.99 Å². The number of carbonyl (C=O) groups excluding carboxylic acids is 1. The first-order chi connectivity index (χ1) is 14.6. The van der Waals surface area contributed by atoms with Crippen molar-refractivity contribution in [1.29, 1.82) is 0 Å². The Labute approximate surface area is 201 Å². The zero-order chi connectivity index (χ0) is 21.3. The third-order valence-corrected chi connectivity index (χ3v) is 5.16. The number of benzene rings is 2. The van der Waals surface area contributed by atoms with E-state index in [9.17, 15) is 4.79 Å². The fourth-order valence-corrected chi connectivity index (χ4v) is 3.48. The highest BCUT2D eigenvalue weighted by atomic mass is 127. The minimum Gasteiger partial charge on any atom is -0.493 e. The third-order valence-electron chi connectivity index (χ3n) is 5.16. The molecule has 1 aliphatic rings. The first kappa shape index (κ1) is 24.8. The lowest BCUT2D eigenvalue weighted by Crippen LogP contribution is -2.37. The van der Waals surface area contributed by atoms with Crippen molar-refractivity contribution in [1.82, 2.24) is 10.6 Å². The molecule has 0 aliphatic carbocycles. The van der Waals surface area contributed by atoms with Crippen molar-refractivity contribution in [2.45, 2.75) is 25.8 Å². The number of hydrogen-bond acceptors (Lipinski definition) is 4. The third kappa shape index (κ3) is 6.75. The number of guanidine groups is 1. The molecule has 8 heteroatoms. The van der Waals surface area contributed by atoms with Gasteiger partial charge in [-0.2, -0.15) is 0 Å². The number of hydrogen-bond donors (Lipinski definition) is 2. The highest BCUT2D eigenvalue weighted by Gasteiger charge is 2.21. The number of amides is 1. The molecule has 0 aromatic heterocycles. The monoisotopic (exact) mass is 538 g/mol. The highest BCUT2D eigenvalue weighted by Crippen LogP contribution is 2.27. The Morgan fingerprint density at radius 2 is 1.74 bits per heavy atom. The zero-order valence-corrected chi connectivity index (χ0v) is 20.6. The summed E-state index contributed by atoms with van der Waals surface area (Å²) >= 11 is 0. The number of methoxy groups -OCH3 is 2. The smallest absolute Gasteiger partial charge is 0.227 e. The Morgan fingerprint density at radius 1 is 1.03 bits per heavy atom. The van der Waals surface area contributed by atoms with Crippen molar-refractivity contribution in [3.63, 3.8) is 0 Å². The maximum absolute atomic E-state index is 11.9. The number of halogens is 1. The fraction of sp³-hybridized carbons (Fsp3) is 0.391. The van der Waals surface area contributed by atoms with Crippen LogP contribution in [0.25, 0.3) is 0 Å². The van der Waals surface area contributed by atoms with Crippen LogP contribution in [0.2, 0.25) is 0 Å². The van der Waals surface area contributed by atoms with Gasteiger partial charge in [0.1, 0.15) is 0 Å². The van der Waals surface area contributed by atoms with E-state index in [1.54, 1.807) is 21.3 Å². The van der Waals surface area contributed by atoms with E-state index in [1.807, 2.05) is 47.4 Å². The fourth-order valence-electron chi connectivity index (χ4n) is 3.48. The van der Waals surface area contributed by atoms with Gasteiger partial charge in [-0.3, -0.25) is 9.79 Å². The highest BCUT2D eigenvalue weighted by molar-refractivity contribution is 14.0. The van der Waals surface area contributed by atoms with Gasteiger partial charge in [-0.15, -0.1) is 24.0 Å². The quantitative estimate of drug-likeness (QED) is 0.307. The molecule has 1 fully saturated rings. The summed E-state index contributed by atoms with van der Waals surface area (Å²) in [5.74, 6) is 2.41. The summed E-state index contributed by atoms with van der Waals surface area (Å²) in [6.45, 7) is 2.21. The second-order valence-electron chi connectivity index (χ2n) is 7.11. The van der Waals surface area contributed by atoms with Crippen LogP contribution in [0.5, 0.6) is 11.5 Å². The Hall–Kier alpha value is -2.49. The van der Waals surface area contributed by atoms with Crippen LogP contribution in [-0.4, -0.2) is 46.2 Å². The molecule has 3 rings (SSSR count). The van der Waals surface area contributed by atoms with Crippen LogP contribution in [0.15, 0.2) is 47.5 Å². The Kier molecular flexibility index (Phi) is 9.90. The van der Waals surface area contributed by atoms with Crippen LogP contribution in [0.4, 0.5) is 5.69 Å². The second-order valence-corrected chi connectivity index (χ2v) is 7.11. The second kappa shape index (κ2) is 12.4. The van der Waals surface area contributed by atoms with Gasteiger partial charge in [-0.05, 0) is 48.2 Å². The van der Waals surface area contributed by atoms with Gasteiger partial charge in [0, 0.05) is 38.8 Å². The van der Waals surface area contributed by atoms with E-state index in [0.717, 1.165) is 60.2 Å². The molecule has 0 spiro atoms. The molecule has 0 atom stereocenters. The van der Waals surface area contributed by atoms with Gasteiger partial charge in [0.05, 0.1) is 14.2 Å². The molecule has 1 amide bonds. The summed E-state index contributed by atoms with van der Waals surface area (Å²) in [5.41, 5.74) is 3.26. The van der Waals surface area contributed by atoms with Crippen molar-refractivity contribution >= 4 is 41.5 Å². The lowest BCUT2D eigenvalue weighted by molar-refractivity contribution is -0.117. The maximum Gasteiger partial charge on any atom is 0.227 e. The van der Waals surface area contributed by atoms with E-state index < -0.39 is 0 Å². The van der Waals surface area contributed by atoms with Crippen molar-refractivity contribution < 1.29 is 14.3 Å². The lowest BCUT2D eigenvalue weighted by Gasteiger charge is -2.16. The average Bonchev–Trinajstić information content (AvgIpc) is 3.22. The summed E-state index contributed by atoms with van der Waals surface area (Å²) < 4.78 is 10.6. The summed E-state index contributed by atoms with van der Waals surface area (Å²) in [7, 11) is 5.03. The Balaban J connectivity index is 0.00000341. The van der Waals surface area contributed by atoms with E-state index in [2.05, 4.69) is 15.6 Å². The van der Waals surface area contributed by atoms with Crippen LogP contribution in [0.3, 0.4) is 0 Å². The van der Waals surface area contributed by atoms with E-state index in [4.69, 9.17) is 9.47 Å². The number of nitrogens with one attached hydrogen (secondary N) is 2. The molecule has 1 aliphatic heterocycles. The summed E-state index contributed by atoms with van der Waals surface area (Å²) in [6, 6.07) is 14.0. The predicted octanol–water partition coefficient (Wildman–Crippen LogP) is 3.36.